The van der Waals surface area contributed by atoms with Gasteiger partial charge in [0.2, 0.25) is 0 Å². The van der Waals surface area contributed by atoms with Gasteiger partial charge in [-0.2, -0.15) is 11.8 Å². The van der Waals surface area contributed by atoms with Gasteiger partial charge in [-0.15, -0.1) is 0 Å². The summed E-state index contributed by atoms with van der Waals surface area (Å²) < 4.78 is 0. The lowest BCUT2D eigenvalue weighted by Crippen LogP contribution is -2.14. The van der Waals surface area contributed by atoms with E-state index in [1.807, 2.05) is 18.7 Å². The van der Waals surface area contributed by atoms with Crippen molar-refractivity contribution in [3.63, 3.8) is 0 Å². The zero-order chi connectivity index (χ0) is 8.27. The maximum absolute atomic E-state index is 10.4. The van der Waals surface area contributed by atoms with E-state index < -0.39 is 5.97 Å². The third-order valence-corrected chi connectivity index (χ3v) is 3.45. The SMILES string of the molecule is CC(CC(=O)O)C1CCSC1. The van der Waals surface area contributed by atoms with Crippen LogP contribution in [0.4, 0.5) is 0 Å². The van der Waals surface area contributed by atoms with Crippen molar-refractivity contribution in [1.82, 2.24) is 0 Å². The summed E-state index contributed by atoms with van der Waals surface area (Å²) in [7, 11) is 0. The minimum Gasteiger partial charge on any atom is -0.481 e. The van der Waals surface area contributed by atoms with Crippen molar-refractivity contribution < 1.29 is 9.90 Å². The molecule has 0 aromatic heterocycles. The number of hydrogen-bond acceptors (Lipinski definition) is 2. The molecule has 11 heavy (non-hydrogen) atoms. The number of carbonyl (C=O) groups is 1. The zero-order valence-corrected chi connectivity index (χ0v) is 7.56. The Balaban J connectivity index is 2.28. The molecule has 2 atom stereocenters. The average Bonchev–Trinajstić information content (AvgIpc) is 2.35. The van der Waals surface area contributed by atoms with Crippen LogP contribution in [0, 0.1) is 11.8 Å². The van der Waals surface area contributed by atoms with E-state index in [9.17, 15) is 4.79 Å². The smallest absolute Gasteiger partial charge is 0.303 e. The van der Waals surface area contributed by atoms with Crippen LogP contribution < -0.4 is 0 Å². The Morgan fingerprint density at radius 2 is 2.55 bits per heavy atom. The molecular formula is C8H14O2S. The van der Waals surface area contributed by atoms with Crippen LogP contribution in [0.3, 0.4) is 0 Å². The van der Waals surface area contributed by atoms with Crippen LogP contribution in [0.15, 0.2) is 0 Å². The highest BCUT2D eigenvalue weighted by molar-refractivity contribution is 7.99. The number of carboxylic acid groups (broad SMARTS) is 1. The number of hydrogen-bond donors (Lipinski definition) is 1. The lowest BCUT2D eigenvalue weighted by molar-refractivity contribution is -0.138. The summed E-state index contributed by atoms with van der Waals surface area (Å²) in [5.74, 6) is 2.73. The summed E-state index contributed by atoms with van der Waals surface area (Å²) in [6, 6.07) is 0. The fourth-order valence-corrected chi connectivity index (χ4v) is 2.88. The van der Waals surface area contributed by atoms with Gasteiger partial charge in [-0.25, -0.2) is 0 Å². The molecule has 1 aliphatic heterocycles. The molecule has 0 bridgehead atoms. The van der Waals surface area contributed by atoms with Crippen LogP contribution in [0.25, 0.3) is 0 Å². The van der Waals surface area contributed by atoms with Crippen LogP contribution >= 0.6 is 11.8 Å². The van der Waals surface area contributed by atoms with E-state index in [0.717, 1.165) is 5.75 Å². The van der Waals surface area contributed by atoms with Gasteiger partial charge in [0.1, 0.15) is 0 Å². The summed E-state index contributed by atoms with van der Waals surface area (Å²) in [5, 5.41) is 8.54. The second-order valence-electron chi connectivity index (χ2n) is 3.20. The lowest BCUT2D eigenvalue weighted by atomic mass is 9.91. The first-order valence-electron chi connectivity index (χ1n) is 3.99. The molecule has 0 spiro atoms. The van der Waals surface area contributed by atoms with Crippen molar-refractivity contribution in [2.45, 2.75) is 19.8 Å². The fraction of sp³-hybridized carbons (Fsp3) is 0.875. The van der Waals surface area contributed by atoms with Crippen LogP contribution in [0.1, 0.15) is 19.8 Å². The predicted octanol–water partition coefficient (Wildman–Crippen LogP) is 1.85. The normalized spacial score (nSPS) is 26.8. The molecular weight excluding hydrogens is 160 g/mol. The standard InChI is InChI=1S/C8H14O2S/c1-6(4-8(9)10)7-2-3-11-5-7/h6-7H,2-5H2,1H3,(H,9,10). The van der Waals surface area contributed by atoms with E-state index in [2.05, 4.69) is 0 Å². The number of carboxylic acids is 1. The van der Waals surface area contributed by atoms with Crippen LogP contribution in [-0.4, -0.2) is 22.6 Å². The summed E-state index contributed by atoms with van der Waals surface area (Å²) in [5.41, 5.74) is 0. The molecule has 0 saturated carbocycles. The van der Waals surface area contributed by atoms with Gasteiger partial charge >= 0.3 is 5.97 Å². The molecule has 0 amide bonds. The minimum atomic E-state index is -0.658. The van der Waals surface area contributed by atoms with Crippen molar-refractivity contribution in [3.8, 4) is 0 Å². The van der Waals surface area contributed by atoms with Gasteiger partial charge in [0, 0.05) is 6.42 Å². The Morgan fingerprint density at radius 1 is 1.82 bits per heavy atom. The van der Waals surface area contributed by atoms with Crippen molar-refractivity contribution >= 4 is 17.7 Å². The van der Waals surface area contributed by atoms with E-state index >= 15 is 0 Å². The Morgan fingerprint density at radius 3 is 3.00 bits per heavy atom. The second-order valence-corrected chi connectivity index (χ2v) is 4.35. The molecule has 3 heteroatoms. The van der Waals surface area contributed by atoms with Gasteiger partial charge in [0.15, 0.2) is 0 Å². The van der Waals surface area contributed by atoms with Crippen LogP contribution in [-0.2, 0) is 4.79 Å². The van der Waals surface area contributed by atoms with Crippen molar-refractivity contribution in [2.75, 3.05) is 11.5 Å². The molecule has 2 unspecified atom stereocenters. The maximum Gasteiger partial charge on any atom is 0.303 e. The minimum absolute atomic E-state index is 0.339. The van der Waals surface area contributed by atoms with E-state index in [-0.39, 0.29) is 0 Å². The van der Waals surface area contributed by atoms with E-state index in [0.29, 0.717) is 18.3 Å². The van der Waals surface area contributed by atoms with Gasteiger partial charge in [-0.1, -0.05) is 6.92 Å². The zero-order valence-electron chi connectivity index (χ0n) is 6.75. The first-order chi connectivity index (χ1) is 5.20. The second kappa shape index (κ2) is 4.00. The third kappa shape index (κ3) is 2.73. The summed E-state index contributed by atoms with van der Waals surface area (Å²) >= 11 is 1.94. The van der Waals surface area contributed by atoms with Gasteiger partial charge in [-0.3, -0.25) is 4.79 Å². The molecule has 1 rings (SSSR count). The Hall–Kier alpha value is -0.180. The highest BCUT2D eigenvalue weighted by Gasteiger charge is 2.23. The predicted molar refractivity (Wildman–Crippen MR) is 46.8 cm³/mol. The molecule has 1 N–H and O–H groups in total. The number of aliphatic carboxylic acids is 1. The fourth-order valence-electron chi connectivity index (χ4n) is 1.44. The van der Waals surface area contributed by atoms with Gasteiger partial charge in [0.25, 0.3) is 0 Å². The average molecular weight is 174 g/mol. The van der Waals surface area contributed by atoms with Crippen molar-refractivity contribution in [2.24, 2.45) is 11.8 Å². The number of rotatable bonds is 3. The van der Waals surface area contributed by atoms with Crippen LogP contribution in [0.2, 0.25) is 0 Å². The molecule has 2 nitrogen and oxygen atoms in total. The summed E-state index contributed by atoms with van der Waals surface area (Å²) in [6.07, 6.45) is 1.55. The topological polar surface area (TPSA) is 37.3 Å². The molecule has 64 valence electrons. The third-order valence-electron chi connectivity index (χ3n) is 2.27. The molecule has 1 saturated heterocycles. The highest BCUT2D eigenvalue weighted by Crippen LogP contribution is 2.30. The maximum atomic E-state index is 10.4. The summed E-state index contributed by atoms with van der Waals surface area (Å²) in [4.78, 5) is 10.4. The van der Waals surface area contributed by atoms with E-state index in [1.54, 1.807) is 0 Å². The van der Waals surface area contributed by atoms with Crippen LogP contribution in [0.5, 0.6) is 0 Å². The highest BCUT2D eigenvalue weighted by atomic mass is 32.2. The monoisotopic (exact) mass is 174 g/mol. The van der Waals surface area contributed by atoms with Crippen molar-refractivity contribution in [3.05, 3.63) is 0 Å². The Kier molecular flexibility index (Phi) is 3.24. The molecule has 0 aromatic carbocycles. The van der Waals surface area contributed by atoms with Crippen molar-refractivity contribution in [1.29, 1.82) is 0 Å². The van der Waals surface area contributed by atoms with E-state index in [1.165, 1.54) is 12.2 Å². The molecule has 0 aliphatic carbocycles. The lowest BCUT2D eigenvalue weighted by Gasteiger charge is -2.14. The largest absolute Gasteiger partial charge is 0.481 e. The quantitative estimate of drug-likeness (QED) is 0.709. The molecule has 1 fully saturated rings. The molecule has 0 radical (unpaired) electrons. The first kappa shape index (κ1) is 8.91. The van der Waals surface area contributed by atoms with Gasteiger partial charge in [-0.05, 0) is 29.8 Å². The Labute approximate surface area is 71.4 Å². The van der Waals surface area contributed by atoms with Gasteiger partial charge < -0.3 is 5.11 Å². The van der Waals surface area contributed by atoms with E-state index in [4.69, 9.17) is 5.11 Å². The first-order valence-corrected chi connectivity index (χ1v) is 5.15. The van der Waals surface area contributed by atoms with Gasteiger partial charge in [0.05, 0.1) is 0 Å². The molecule has 1 heterocycles. The summed E-state index contributed by atoms with van der Waals surface area (Å²) in [6.45, 7) is 2.05. The Bertz CT molecular complexity index is 141. The molecule has 0 aromatic rings. The molecule has 1 aliphatic rings. The number of thioether (sulfide) groups is 1.